The molecule has 0 saturated carbocycles. The second kappa shape index (κ2) is 10.4. The molecule has 0 bridgehead atoms. The van der Waals surface area contributed by atoms with Crippen molar-refractivity contribution in [2.24, 2.45) is 0 Å². The van der Waals surface area contributed by atoms with E-state index in [0.29, 0.717) is 5.69 Å². The first-order chi connectivity index (χ1) is 13.1. The van der Waals surface area contributed by atoms with Crippen molar-refractivity contribution in [3.8, 4) is 11.5 Å². The maximum absolute atomic E-state index is 12.3. The largest absolute Gasteiger partial charge is 0.493 e. The lowest BCUT2D eigenvalue weighted by Gasteiger charge is -2.16. The van der Waals surface area contributed by atoms with E-state index in [2.05, 4.69) is 17.2 Å². The third-order valence-electron chi connectivity index (χ3n) is 4.37. The Morgan fingerprint density at radius 1 is 1.15 bits per heavy atom. The first kappa shape index (κ1) is 20.6. The number of anilines is 1. The van der Waals surface area contributed by atoms with Crippen molar-refractivity contribution < 1.29 is 14.3 Å². The maximum atomic E-state index is 12.3. The van der Waals surface area contributed by atoms with E-state index in [9.17, 15) is 4.79 Å². The fraction of sp³-hybridized carbons (Fsp3) is 0.429. The smallest absolute Gasteiger partial charge is 0.272 e. The summed E-state index contributed by atoms with van der Waals surface area (Å²) in [6.07, 6.45) is 4.60. The van der Waals surface area contributed by atoms with Gasteiger partial charge in [0.25, 0.3) is 5.91 Å². The van der Waals surface area contributed by atoms with Crippen LogP contribution in [0.2, 0.25) is 0 Å². The van der Waals surface area contributed by atoms with Crippen molar-refractivity contribution in [2.75, 3.05) is 39.7 Å². The molecule has 0 atom stereocenters. The first-order valence-electron chi connectivity index (χ1n) is 9.25. The van der Waals surface area contributed by atoms with Crippen molar-refractivity contribution in [3.63, 3.8) is 0 Å². The number of nitrogens with zero attached hydrogens (tertiary/aromatic N) is 2. The zero-order chi connectivity index (χ0) is 19.6. The van der Waals surface area contributed by atoms with Gasteiger partial charge >= 0.3 is 0 Å². The second-order valence-corrected chi connectivity index (χ2v) is 6.38. The molecule has 0 aliphatic rings. The summed E-state index contributed by atoms with van der Waals surface area (Å²) in [4.78, 5) is 18.3. The number of carbonyl (C=O) groups is 1. The fourth-order valence-corrected chi connectivity index (χ4v) is 2.70. The molecule has 0 spiro atoms. The number of aromatic nitrogens is 1. The van der Waals surface area contributed by atoms with Gasteiger partial charge in [-0.05, 0) is 42.7 Å². The minimum atomic E-state index is -0.0414. The summed E-state index contributed by atoms with van der Waals surface area (Å²) in [6.45, 7) is 3.61. The van der Waals surface area contributed by atoms with Crippen LogP contribution in [-0.4, -0.2) is 50.1 Å². The van der Waals surface area contributed by atoms with E-state index in [4.69, 9.17) is 9.47 Å². The van der Waals surface area contributed by atoms with Gasteiger partial charge in [0, 0.05) is 20.1 Å². The summed E-state index contributed by atoms with van der Waals surface area (Å²) in [7, 11) is 5.07. The van der Waals surface area contributed by atoms with E-state index >= 15 is 0 Å². The van der Waals surface area contributed by atoms with Crippen molar-refractivity contribution >= 4 is 11.6 Å². The average Bonchev–Trinajstić information content (AvgIpc) is 2.71. The monoisotopic (exact) mass is 371 g/mol. The zero-order valence-electron chi connectivity index (χ0n) is 16.6. The van der Waals surface area contributed by atoms with Crippen molar-refractivity contribution in [3.05, 3.63) is 47.8 Å². The highest BCUT2D eigenvalue weighted by Gasteiger charge is 2.12. The van der Waals surface area contributed by atoms with Gasteiger partial charge in [-0.3, -0.25) is 4.79 Å². The number of benzene rings is 1. The van der Waals surface area contributed by atoms with Gasteiger partial charge in [0.2, 0.25) is 0 Å². The van der Waals surface area contributed by atoms with Crippen LogP contribution >= 0.6 is 0 Å². The molecule has 0 radical (unpaired) electrons. The molecule has 2 rings (SSSR count). The Labute approximate surface area is 161 Å². The first-order valence-corrected chi connectivity index (χ1v) is 9.25. The number of unbranched alkanes of at least 4 members (excludes halogenated alkanes) is 1. The van der Waals surface area contributed by atoms with Crippen molar-refractivity contribution in [1.82, 2.24) is 9.88 Å². The number of hydrogen-bond acceptors (Lipinski definition) is 5. The molecular weight excluding hydrogens is 342 g/mol. The molecular formula is C21H29N3O3. The Bertz CT molecular complexity index is 732. The van der Waals surface area contributed by atoms with Gasteiger partial charge in [0.15, 0.2) is 11.5 Å². The number of methoxy groups -OCH3 is 2. The fourth-order valence-electron chi connectivity index (χ4n) is 2.70. The second-order valence-electron chi connectivity index (χ2n) is 6.38. The van der Waals surface area contributed by atoms with Crippen LogP contribution in [0.1, 0.15) is 35.8 Å². The maximum Gasteiger partial charge on any atom is 0.272 e. The van der Waals surface area contributed by atoms with Gasteiger partial charge in [0.05, 0.1) is 26.1 Å². The van der Waals surface area contributed by atoms with Gasteiger partial charge in [0.1, 0.15) is 5.69 Å². The highest BCUT2D eigenvalue weighted by molar-refractivity contribution is 5.92. The van der Waals surface area contributed by atoms with Crippen LogP contribution in [0.4, 0.5) is 5.69 Å². The van der Waals surface area contributed by atoms with Gasteiger partial charge in [-0.15, -0.1) is 0 Å². The molecule has 1 amide bonds. The molecule has 1 aromatic heterocycles. The summed E-state index contributed by atoms with van der Waals surface area (Å²) >= 11 is 0. The average molecular weight is 371 g/mol. The minimum absolute atomic E-state index is 0.0414. The molecule has 2 aromatic rings. The predicted octanol–water partition coefficient (Wildman–Crippen LogP) is 3.63. The molecule has 0 unspecified atom stereocenters. The molecule has 1 heterocycles. The number of rotatable bonds is 10. The highest BCUT2D eigenvalue weighted by atomic mass is 16.5. The third-order valence-corrected chi connectivity index (χ3v) is 4.37. The molecule has 0 fully saturated rings. The molecule has 6 heteroatoms. The lowest BCUT2D eigenvalue weighted by molar-refractivity contribution is 0.0787. The molecule has 0 aliphatic carbocycles. The third kappa shape index (κ3) is 5.88. The number of hydrogen-bond donors (Lipinski definition) is 1. The van der Waals surface area contributed by atoms with E-state index in [-0.39, 0.29) is 5.91 Å². The number of amides is 1. The predicted molar refractivity (Wildman–Crippen MR) is 108 cm³/mol. The van der Waals surface area contributed by atoms with Crippen LogP contribution in [0.25, 0.3) is 0 Å². The summed E-state index contributed by atoms with van der Waals surface area (Å²) in [5.41, 5.74) is 2.51. The lowest BCUT2D eigenvalue weighted by atomic mass is 10.1. The Hall–Kier alpha value is -2.76. The molecule has 0 saturated heterocycles. The van der Waals surface area contributed by atoms with E-state index in [1.807, 2.05) is 31.3 Å². The zero-order valence-corrected chi connectivity index (χ0v) is 16.6. The lowest BCUT2D eigenvalue weighted by Crippen LogP contribution is -2.28. The van der Waals surface area contributed by atoms with Crippen LogP contribution in [0.5, 0.6) is 11.5 Å². The van der Waals surface area contributed by atoms with Crippen LogP contribution < -0.4 is 14.8 Å². The van der Waals surface area contributed by atoms with Gasteiger partial charge < -0.3 is 19.7 Å². The molecule has 27 heavy (non-hydrogen) atoms. The normalized spacial score (nSPS) is 10.4. The quantitative estimate of drug-likeness (QED) is 0.691. The molecule has 146 valence electrons. The SMILES string of the molecule is CCCCN(C)C(=O)c1ccc(NCCc2ccc(OC)c(OC)c2)cn1. The Balaban J connectivity index is 1.87. The van der Waals surface area contributed by atoms with E-state index in [0.717, 1.165) is 55.1 Å². The number of ether oxygens (including phenoxy) is 2. The molecule has 6 nitrogen and oxygen atoms in total. The Morgan fingerprint density at radius 2 is 1.93 bits per heavy atom. The van der Waals surface area contributed by atoms with Crippen molar-refractivity contribution in [1.29, 1.82) is 0 Å². The number of carbonyl (C=O) groups excluding carboxylic acids is 1. The van der Waals surface area contributed by atoms with E-state index < -0.39 is 0 Å². The minimum Gasteiger partial charge on any atom is -0.493 e. The van der Waals surface area contributed by atoms with Gasteiger partial charge in [-0.2, -0.15) is 0 Å². The Morgan fingerprint density at radius 3 is 2.56 bits per heavy atom. The van der Waals surface area contributed by atoms with Crippen LogP contribution in [0.3, 0.4) is 0 Å². The summed E-state index contributed by atoms with van der Waals surface area (Å²) in [5, 5.41) is 3.33. The summed E-state index contributed by atoms with van der Waals surface area (Å²) in [6, 6.07) is 9.57. The standard InChI is InChI=1S/C21H29N3O3/c1-5-6-13-24(2)21(25)18-9-8-17(15-23-18)22-12-11-16-7-10-19(26-3)20(14-16)27-4/h7-10,14-15,22H,5-6,11-13H2,1-4H3. The van der Waals surface area contributed by atoms with E-state index in [1.54, 1.807) is 31.4 Å². The molecule has 1 aromatic carbocycles. The Kier molecular flexibility index (Phi) is 7.92. The van der Waals surface area contributed by atoms with Crippen LogP contribution in [0, 0.1) is 0 Å². The highest BCUT2D eigenvalue weighted by Crippen LogP contribution is 2.27. The van der Waals surface area contributed by atoms with Gasteiger partial charge in [-0.25, -0.2) is 4.98 Å². The summed E-state index contributed by atoms with van der Waals surface area (Å²) in [5.74, 6) is 1.41. The van der Waals surface area contributed by atoms with Crippen LogP contribution in [-0.2, 0) is 6.42 Å². The molecule has 1 N–H and O–H groups in total. The van der Waals surface area contributed by atoms with Crippen LogP contribution in [0.15, 0.2) is 36.5 Å². The number of nitrogens with one attached hydrogen (secondary N) is 1. The topological polar surface area (TPSA) is 63.7 Å². The molecule has 0 aliphatic heterocycles. The summed E-state index contributed by atoms with van der Waals surface area (Å²) < 4.78 is 10.6. The van der Waals surface area contributed by atoms with Gasteiger partial charge in [-0.1, -0.05) is 19.4 Å². The van der Waals surface area contributed by atoms with Crippen molar-refractivity contribution in [2.45, 2.75) is 26.2 Å². The van der Waals surface area contributed by atoms with E-state index in [1.165, 1.54) is 0 Å². The number of pyridine rings is 1.